The number of anilines is 1. The van der Waals surface area contributed by atoms with Gasteiger partial charge in [-0.2, -0.15) is 0 Å². The largest absolute Gasteiger partial charge is 0.367 e. The van der Waals surface area contributed by atoms with Crippen LogP contribution in [0.1, 0.15) is 50.5 Å². The Morgan fingerprint density at radius 1 is 1.12 bits per heavy atom. The monoisotopic (exact) mass is 253 g/mol. The van der Waals surface area contributed by atoms with Gasteiger partial charge >= 0.3 is 0 Å². The average molecular weight is 254 g/mol. The van der Waals surface area contributed by atoms with Crippen LogP contribution >= 0.6 is 11.6 Å². The van der Waals surface area contributed by atoms with E-state index in [1.165, 1.54) is 51.3 Å². The Balaban J connectivity index is 2.00. The van der Waals surface area contributed by atoms with Crippen molar-refractivity contribution in [1.82, 2.24) is 9.97 Å². The molecule has 2 rings (SSSR count). The first-order chi connectivity index (χ1) is 8.27. The summed E-state index contributed by atoms with van der Waals surface area (Å²) in [4.78, 5) is 8.26. The molecule has 0 spiro atoms. The van der Waals surface area contributed by atoms with Gasteiger partial charge in [-0.25, -0.2) is 9.97 Å². The standard InChI is InChI=1S/C13H20ClN3/c1-10-12(14)15-9-16-13(10)17-11-7-5-3-2-4-6-8-11/h9,11H,2-8H2,1H3,(H,15,16,17). The summed E-state index contributed by atoms with van der Waals surface area (Å²) < 4.78 is 0. The zero-order chi connectivity index (χ0) is 12.1. The first-order valence-electron chi connectivity index (χ1n) is 6.51. The van der Waals surface area contributed by atoms with Gasteiger partial charge in [-0.3, -0.25) is 0 Å². The lowest BCUT2D eigenvalue weighted by Crippen LogP contribution is -2.22. The Hall–Kier alpha value is -0.830. The highest BCUT2D eigenvalue weighted by atomic mass is 35.5. The molecule has 1 aliphatic carbocycles. The number of rotatable bonds is 2. The fourth-order valence-electron chi connectivity index (χ4n) is 2.37. The molecule has 0 radical (unpaired) electrons. The average Bonchev–Trinajstić information content (AvgIpc) is 2.28. The number of hydrogen-bond donors (Lipinski definition) is 1. The summed E-state index contributed by atoms with van der Waals surface area (Å²) in [6.07, 6.45) is 10.8. The van der Waals surface area contributed by atoms with Crippen LogP contribution in [0.5, 0.6) is 0 Å². The minimum Gasteiger partial charge on any atom is -0.367 e. The molecule has 1 aromatic heterocycles. The molecular formula is C13H20ClN3. The lowest BCUT2D eigenvalue weighted by atomic mass is 9.96. The van der Waals surface area contributed by atoms with Crippen LogP contribution in [0.15, 0.2) is 6.33 Å². The predicted molar refractivity (Wildman–Crippen MR) is 71.5 cm³/mol. The van der Waals surface area contributed by atoms with Crippen LogP contribution in [-0.2, 0) is 0 Å². The molecule has 0 atom stereocenters. The van der Waals surface area contributed by atoms with E-state index >= 15 is 0 Å². The molecule has 1 aromatic rings. The van der Waals surface area contributed by atoms with Gasteiger partial charge in [-0.05, 0) is 19.8 Å². The Kier molecular flexibility index (Phi) is 4.60. The van der Waals surface area contributed by atoms with Crippen LogP contribution in [0.4, 0.5) is 5.82 Å². The SMILES string of the molecule is Cc1c(Cl)ncnc1NC1CCCCCCC1. The molecule has 3 nitrogen and oxygen atoms in total. The number of nitrogens with zero attached hydrogens (tertiary/aromatic N) is 2. The summed E-state index contributed by atoms with van der Waals surface area (Å²) in [6.45, 7) is 1.97. The van der Waals surface area contributed by atoms with E-state index < -0.39 is 0 Å². The van der Waals surface area contributed by atoms with Crippen molar-refractivity contribution in [3.05, 3.63) is 17.0 Å². The van der Waals surface area contributed by atoms with Crippen molar-refractivity contribution in [3.63, 3.8) is 0 Å². The highest BCUT2D eigenvalue weighted by molar-refractivity contribution is 6.30. The van der Waals surface area contributed by atoms with Crippen molar-refractivity contribution in [1.29, 1.82) is 0 Å². The molecule has 1 fully saturated rings. The third-order valence-electron chi connectivity index (χ3n) is 3.47. The van der Waals surface area contributed by atoms with E-state index in [0.717, 1.165) is 11.4 Å². The van der Waals surface area contributed by atoms with E-state index in [1.807, 2.05) is 6.92 Å². The van der Waals surface area contributed by atoms with Gasteiger partial charge < -0.3 is 5.32 Å². The quantitative estimate of drug-likeness (QED) is 0.811. The maximum Gasteiger partial charge on any atom is 0.137 e. The number of aromatic nitrogens is 2. The summed E-state index contributed by atoms with van der Waals surface area (Å²) >= 11 is 6.00. The van der Waals surface area contributed by atoms with Crippen molar-refractivity contribution < 1.29 is 0 Å². The lowest BCUT2D eigenvalue weighted by Gasteiger charge is -2.22. The third-order valence-corrected chi connectivity index (χ3v) is 3.85. The molecule has 4 heteroatoms. The Labute approximate surface area is 108 Å². The topological polar surface area (TPSA) is 37.8 Å². The van der Waals surface area contributed by atoms with Crippen LogP contribution in [-0.4, -0.2) is 16.0 Å². The number of halogens is 1. The first kappa shape index (κ1) is 12.6. The molecule has 94 valence electrons. The molecule has 1 heterocycles. The molecule has 1 aliphatic rings. The molecular weight excluding hydrogens is 234 g/mol. The highest BCUT2D eigenvalue weighted by Gasteiger charge is 2.13. The van der Waals surface area contributed by atoms with E-state index in [-0.39, 0.29) is 0 Å². The van der Waals surface area contributed by atoms with E-state index in [9.17, 15) is 0 Å². The zero-order valence-electron chi connectivity index (χ0n) is 10.4. The molecule has 0 aliphatic heterocycles. The van der Waals surface area contributed by atoms with Crippen molar-refractivity contribution in [2.75, 3.05) is 5.32 Å². The minimum atomic E-state index is 0.542. The molecule has 0 unspecified atom stereocenters. The molecule has 0 bridgehead atoms. The summed E-state index contributed by atoms with van der Waals surface area (Å²) in [5, 5.41) is 4.07. The van der Waals surface area contributed by atoms with Crippen molar-refractivity contribution >= 4 is 17.4 Å². The summed E-state index contributed by atoms with van der Waals surface area (Å²) in [7, 11) is 0. The Morgan fingerprint density at radius 3 is 2.47 bits per heavy atom. The maximum absolute atomic E-state index is 6.00. The number of hydrogen-bond acceptors (Lipinski definition) is 3. The Morgan fingerprint density at radius 2 is 1.76 bits per heavy atom. The molecule has 1 N–H and O–H groups in total. The second kappa shape index (κ2) is 6.20. The van der Waals surface area contributed by atoms with E-state index in [0.29, 0.717) is 11.2 Å². The molecule has 0 amide bonds. The molecule has 1 saturated carbocycles. The molecule has 0 saturated heterocycles. The van der Waals surface area contributed by atoms with Gasteiger partial charge in [-0.1, -0.05) is 43.7 Å². The highest BCUT2D eigenvalue weighted by Crippen LogP contribution is 2.23. The normalized spacial score (nSPS) is 18.5. The van der Waals surface area contributed by atoms with Crippen LogP contribution in [0.3, 0.4) is 0 Å². The van der Waals surface area contributed by atoms with Gasteiger partial charge in [0.1, 0.15) is 17.3 Å². The third kappa shape index (κ3) is 3.56. The molecule has 0 aromatic carbocycles. The summed E-state index contributed by atoms with van der Waals surface area (Å²) in [6, 6.07) is 0.542. The fourth-order valence-corrected chi connectivity index (χ4v) is 2.50. The van der Waals surface area contributed by atoms with Gasteiger partial charge in [0.05, 0.1) is 0 Å². The zero-order valence-corrected chi connectivity index (χ0v) is 11.1. The predicted octanol–water partition coefficient (Wildman–Crippen LogP) is 3.96. The Bertz CT molecular complexity index is 360. The van der Waals surface area contributed by atoms with E-state index in [1.54, 1.807) is 0 Å². The maximum atomic E-state index is 6.00. The van der Waals surface area contributed by atoms with Crippen LogP contribution in [0.2, 0.25) is 5.15 Å². The second-order valence-electron chi connectivity index (χ2n) is 4.82. The van der Waals surface area contributed by atoms with E-state index in [4.69, 9.17) is 11.6 Å². The van der Waals surface area contributed by atoms with Crippen molar-refractivity contribution in [3.8, 4) is 0 Å². The van der Waals surface area contributed by atoms with Gasteiger partial charge in [-0.15, -0.1) is 0 Å². The van der Waals surface area contributed by atoms with Gasteiger partial charge in [0.2, 0.25) is 0 Å². The second-order valence-corrected chi connectivity index (χ2v) is 5.18. The summed E-state index contributed by atoms with van der Waals surface area (Å²) in [5.41, 5.74) is 0.955. The fraction of sp³-hybridized carbons (Fsp3) is 0.692. The van der Waals surface area contributed by atoms with E-state index in [2.05, 4.69) is 15.3 Å². The number of nitrogens with one attached hydrogen (secondary N) is 1. The molecule has 17 heavy (non-hydrogen) atoms. The lowest BCUT2D eigenvalue weighted by molar-refractivity contribution is 0.470. The van der Waals surface area contributed by atoms with Crippen LogP contribution < -0.4 is 5.32 Å². The van der Waals surface area contributed by atoms with Gasteiger partial charge in [0.15, 0.2) is 0 Å². The van der Waals surface area contributed by atoms with Gasteiger partial charge in [0, 0.05) is 11.6 Å². The van der Waals surface area contributed by atoms with Crippen LogP contribution in [0.25, 0.3) is 0 Å². The smallest absolute Gasteiger partial charge is 0.137 e. The minimum absolute atomic E-state index is 0.542. The van der Waals surface area contributed by atoms with Crippen LogP contribution in [0, 0.1) is 6.92 Å². The van der Waals surface area contributed by atoms with Gasteiger partial charge in [0.25, 0.3) is 0 Å². The van der Waals surface area contributed by atoms with Crippen molar-refractivity contribution in [2.24, 2.45) is 0 Å². The van der Waals surface area contributed by atoms with Crippen molar-refractivity contribution in [2.45, 2.75) is 57.9 Å². The summed E-state index contributed by atoms with van der Waals surface area (Å²) in [5.74, 6) is 0.899. The first-order valence-corrected chi connectivity index (χ1v) is 6.89.